The molecule has 4 heteroatoms. The molecule has 1 unspecified atom stereocenters. The number of carbonyl (C=O) groups excluding carboxylic acids is 1. The molecular formula is C18H21N3O. The molecule has 1 atom stereocenters. The van der Waals surface area contributed by atoms with Gasteiger partial charge in [-0.25, -0.2) is 0 Å². The summed E-state index contributed by atoms with van der Waals surface area (Å²) in [5.74, 6) is 0.102. The molecule has 1 heterocycles. The highest BCUT2D eigenvalue weighted by Crippen LogP contribution is 2.17. The summed E-state index contributed by atoms with van der Waals surface area (Å²) < 4.78 is 0. The van der Waals surface area contributed by atoms with Gasteiger partial charge in [0.1, 0.15) is 0 Å². The molecule has 2 aromatic rings. The molecule has 22 heavy (non-hydrogen) atoms. The van der Waals surface area contributed by atoms with Crippen molar-refractivity contribution in [3.8, 4) is 0 Å². The van der Waals surface area contributed by atoms with E-state index in [4.69, 9.17) is 5.73 Å². The third-order valence-corrected chi connectivity index (χ3v) is 4.16. The highest BCUT2D eigenvalue weighted by molar-refractivity contribution is 5.94. The third-order valence-electron chi connectivity index (χ3n) is 4.16. The van der Waals surface area contributed by atoms with Gasteiger partial charge in [0, 0.05) is 37.7 Å². The van der Waals surface area contributed by atoms with Gasteiger partial charge in [0.05, 0.1) is 0 Å². The predicted molar refractivity (Wildman–Crippen MR) is 87.6 cm³/mol. The van der Waals surface area contributed by atoms with Gasteiger partial charge >= 0.3 is 0 Å². The van der Waals surface area contributed by atoms with Crippen molar-refractivity contribution in [3.63, 3.8) is 0 Å². The zero-order chi connectivity index (χ0) is 15.4. The van der Waals surface area contributed by atoms with Crippen LogP contribution in [0.15, 0.2) is 48.5 Å². The molecular weight excluding hydrogens is 274 g/mol. The lowest BCUT2D eigenvalue weighted by Crippen LogP contribution is -2.31. The van der Waals surface area contributed by atoms with Gasteiger partial charge in [-0.2, -0.15) is 0 Å². The molecule has 0 aliphatic carbocycles. The summed E-state index contributed by atoms with van der Waals surface area (Å²) in [5.41, 5.74) is 10.2. The predicted octanol–water partition coefficient (Wildman–Crippen LogP) is 1.76. The minimum Gasteiger partial charge on any atom is -0.351 e. The van der Waals surface area contributed by atoms with Crippen LogP contribution in [0.1, 0.15) is 33.0 Å². The van der Waals surface area contributed by atoms with Gasteiger partial charge in [-0.15, -0.1) is 0 Å². The third kappa shape index (κ3) is 3.18. The Bertz CT molecular complexity index is 655. The first kappa shape index (κ1) is 14.8. The zero-order valence-corrected chi connectivity index (χ0v) is 12.5. The van der Waals surface area contributed by atoms with Crippen molar-refractivity contribution in [1.29, 1.82) is 0 Å². The number of nitrogens with one attached hydrogen (secondary N) is 2. The molecule has 1 amide bonds. The van der Waals surface area contributed by atoms with Gasteiger partial charge in [-0.05, 0) is 28.8 Å². The van der Waals surface area contributed by atoms with Gasteiger partial charge < -0.3 is 16.4 Å². The van der Waals surface area contributed by atoms with E-state index in [2.05, 4.69) is 10.6 Å². The second-order valence-electron chi connectivity index (χ2n) is 5.64. The van der Waals surface area contributed by atoms with E-state index in [9.17, 15) is 4.79 Å². The molecule has 4 nitrogen and oxygen atoms in total. The van der Waals surface area contributed by atoms with E-state index < -0.39 is 0 Å². The first-order chi connectivity index (χ1) is 10.8. The fourth-order valence-electron chi connectivity index (χ4n) is 2.82. The van der Waals surface area contributed by atoms with E-state index >= 15 is 0 Å². The summed E-state index contributed by atoms with van der Waals surface area (Å²) >= 11 is 0. The van der Waals surface area contributed by atoms with Crippen LogP contribution >= 0.6 is 0 Å². The average Bonchev–Trinajstić information content (AvgIpc) is 3.03. The second-order valence-corrected chi connectivity index (χ2v) is 5.64. The van der Waals surface area contributed by atoms with Gasteiger partial charge in [0.15, 0.2) is 0 Å². The standard InChI is InChI=1S/C18H21N3O/c19-9-17(13-4-2-1-3-5-13)12-21-18(22)14-6-7-15-10-20-11-16(15)8-14/h1-8,17,20H,9-12,19H2,(H,21,22). The molecule has 1 aliphatic heterocycles. The van der Waals surface area contributed by atoms with Crippen LogP contribution in [0.25, 0.3) is 0 Å². The fourth-order valence-corrected chi connectivity index (χ4v) is 2.82. The lowest BCUT2D eigenvalue weighted by molar-refractivity contribution is 0.0951. The number of hydrogen-bond donors (Lipinski definition) is 3. The Morgan fingerprint density at radius 3 is 2.68 bits per heavy atom. The fraction of sp³-hybridized carbons (Fsp3) is 0.278. The summed E-state index contributed by atoms with van der Waals surface area (Å²) in [6.45, 7) is 2.79. The summed E-state index contributed by atoms with van der Waals surface area (Å²) in [7, 11) is 0. The SMILES string of the molecule is NCC(CNC(=O)c1ccc2c(c1)CNC2)c1ccccc1. The first-order valence-electron chi connectivity index (χ1n) is 7.63. The average molecular weight is 295 g/mol. The Hall–Kier alpha value is -2.17. The van der Waals surface area contributed by atoms with E-state index in [1.165, 1.54) is 11.1 Å². The largest absolute Gasteiger partial charge is 0.351 e. The Labute approximate surface area is 130 Å². The van der Waals surface area contributed by atoms with E-state index in [-0.39, 0.29) is 11.8 Å². The van der Waals surface area contributed by atoms with Crippen molar-refractivity contribution in [2.24, 2.45) is 5.73 Å². The minimum absolute atomic E-state index is 0.0379. The van der Waals surface area contributed by atoms with E-state index in [1.807, 2.05) is 48.5 Å². The van der Waals surface area contributed by atoms with Crippen molar-refractivity contribution in [1.82, 2.24) is 10.6 Å². The van der Waals surface area contributed by atoms with E-state index in [1.54, 1.807) is 0 Å². The Morgan fingerprint density at radius 2 is 1.91 bits per heavy atom. The maximum atomic E-state index is 12.3. The molecule has 0 saturated heterocycles. The minimum atomic E-state index is -0.0379. The molecule has 1 aliphatic rings. The maximum Gasteiger partial charge on any atom is 0.251 e. The molecule has 0 spiro atoms. The van der Waals surface area contributed by atoms with Crippen molar-refractivity contribution in [2.75, 3.05) is 13.1 Å². The number of carbonyl (C=O) groups is 1. The lowest BCUT2D eigenvalue weighted by atomic mass is 9.99. The molecule has 114 valence electrons. The van der Waals surface area contributed by atoms with Crippen molar-refractivity contribution >= 4 is 5.91 Å². The van der Waals surface area contributed by atoms with Gasteiger partial charge in [0.25, 0.3) is 5.91 Å². The van der Waals surface area contributed by atoms with Crippen LogP contribution in [0.3, 0.4) is 0 Å². The van der Waals surface area contributed by atoms with Crippen LogP contribution in [0.5, 0.6) is 0 Å². The second kappa shape index (κ2) is 6.73. The molecule has 0 radical (unpaired) electrons. The van der Waals surface area contributed by atoms with Crippen molar-refractivity contribution < 1.29 is 4.79 Å². The Balaban J connectivity index is 1.64. The topological polar surface area (TPSA) is 67.1 Å². The Kier molecular flexibility index (Phi) is 4.51. The quantitative estimate of drug-likeness (QED) is 0.787. The number of amides is 1. The molecule has 0 bridgehead atoms. The number of rotatable bonds is 5. The number of benzene rings is 2. The monoisotopic (exact) mass is 295 g/mol. The number of nitrogens with two attached hydrogens (primary N) is 1. The Morgan fingerprint density at radius 1 is 1.14 bits per heavy atom. The van der Waals surface area contributed by atoms with Crippen molar-refractivity contribution in [2.45, 2.75) is 19.0 Å². The van der Waals surface area contributed by atoms with Gasteiger partial charge in [-0.3, -0.25) is 4.79 Å². The van der Waals surface area contributed by atoms with Crippen LogP contribution in [0, 0.1) is 0 Å². The van der Waals surface area contributed by atoms with E-state index in [0.29, 0.717) is 18.7 Å². The summed E-state index contributed by atoms with van der Waals surface area (Å²) in [6, 6.07) is 16.0. The molecule has 4 N–H and O–H groups in total. The first-order valence-corrected chi connectivity index (χ1v) is 7.63. The summed E-state index contributed by atoms with van der Waals surface area (Å²) in [6.07, 6.45) is 0. The molecule has 0 aromatic heterocycles. The van der Waals surface area contributed by atoms with Crippen molar-refractivity contribution in [3.05, 3.63) is 70.8 Å². The summed E-state index contributed by atoms with van der Waals surface area (Å²) in [4.78, 5) is 12.3. The van der Waals surface area contributed by atoms with Crippen LogP contribution in [-0.2, 0) is 13.1 Å². The van der Waals surface area contributed by atoms with Gasteiger partial charge in [-0.1, -0.05) is 36.4 Å². The van der Waals surface area contributed by atoms with Crippen LogP contribution in [0.4, 0.5) is 0 Å². The van der Waals surface area contributed by atoms with Gasteiger partial charge in [0.2, 0.25) is 0 Å². The van der Waals surface area contributed by atoms with Crippen LogP contribution < -0.4 is 16.4 Å². The molecule has 2 aromatic carbocycles. The number of fused-ring (bicyclic) bond motifs is 1. The zero-order valence-electron chi connectivity index (χ0n) is 12.5. The maximum absolute atomic E-state index is 12.3. The molecule has 3 rings (SSSR count). The van der Waals surface area contributed by atoms with Crippen LogP contribution in [0.2, 0.25) is 0 Å². The molecule has 0 saturated carbocycles. The lowest BCUT2D eigenvalue weighted by Gasteiger charge is -2.16. The number of hydrogen-bond acceptors (Lipinski definition) is 3. The normalized spacial score (nSPS) is 14.4. The highest BCUT2D eigenvalue weighted by atomic mass is 16.1. The molecule has 0 fully saturated rings. The van der Waals surface area contributed by atoms with Crippen LogP contribution in [-0.4, -0.2) is 19.0 Å². The summed E-state index contributed by atoms with van der Waals surface area (Å²) in [5, 5.41) is 6.29. The van der Waals surface area contributed by atoms with E-state index in [0.717, 1.165) is 18.7 Å². The smallest absolute Gasteiger partial charge is 0.251 e. The highest BCUT2D eigenvalue weighted by Gasteiger charge is 2.15.